The molecule has 0 amide bonds. The Kier molecular flexibility index (Phi) is 3.68. The first-order valence-corrected chi connectivity index (χ1v) is 10.4. The summed E-state index contributed by atoms with van der Waals surface area (Å²) in [6.07, 6.45) is 0. The van der Waals surface area contributed by atoms with Crippen LogP contribution in [-0.4, -0.2) is 9.97 Å². The SMILES string of the molecule is c1ccc(-c2nc(-c3cccc4ccccc34)nc3sc4ccccc4c23)cc1. The highest BCUT2D eigenvalue weighted by Gasteiger charge is 2.17. The van der Waals surface area contributed by atoms with Gasteiger partial charge >= 0.3 is 0 Å². The van der Waals surface area contributed by atoms with E-state index in [0.29, 0.717) is 0 Å². The molecule has 3 heteroatoms. The molecule has 6 aromatic rings. The molecular formula is C26H16N2S. The lowest BCUT2D eigenvalue weighted by Gasteiger charge is -2.09. The number of nitrogens with zero attached hydrogens (tertiary/aromatic N) is 2. The van der Waals surface area contributed by atoms with E-state index in [4.69, 9.17) is 9.97 Å². The minimum atomic E-state index is 0.778. The van der Waals surface area contributed by atoms with Crippen molar-refractivity contribution in [1.29, 1.82) is 0 Å². The molecule has 4 aromatic carbocycles. The third kappa shape index (κ3) is 2.63. The van der Waals surface area contributed by atoms with E-state index in [1.54, 1.807) is 11.3 Å². The molecule has 2 heterocycles. The van der Waals surface area contributed by atoms with Gasteiger partial charge in [-0.3, -0.25) is 0 Å². The van der Waals surface area contributed by atoms with Gasteiger partial charge in [0.15, 0.2) is 5.82 Å². The fraction of sp³-hybridized carbons (Fsp3) is 0. The summed E-state index contributed by atoms with van der Waals surface area (Å²) in [6.45, 7) is 0. The summed E-state index contributed by atoms with van der Waals surface area (Å²) in [4.78, 5) is 11.2. The summed E-state index contributed by atoms with van der Waals surface area (Å²) in [5, 5.41) is 4.73. The highest BCUT2D eigenvalue weighted by atomic mass is 32.1. The third-order valence-electron chi connectivity index (χ3n) is 5.32. The van der Waals surface area contributed by atoms with Crippen LogP contribution in [0.15, 0.2) is 97.1 Å². The van der Waals surface area contributed by atoms with E-state index in [0.717, 1.165) is 32.9 Å². The summed E-state index contributed by atoms with van der Waals surface area (Å²) in [5.74, 6) is 0.778. The Bertz CT molecular complexity index is 1490. The van der Waals surface area contributed by atoms with E-state index in [1.165, 1.54) is 20.9 Å². The summed E-state index contributed by atoms with van der Waals surface area (Å²) in [6, 6.07) is 33.7. The fourth-order valence-electron chi connectivity index (χ4n) is 3.97. The molecule has 0 bridgehead atoms. The Morgan fingerprint density at radius 1 is 0.586 bits per heavy atom. The molecule has 6 rings (SSSR count). The van der Waals surface area contributed by atoms with Gasteiger partial charge in [-0.05, 0) is 16.8 Å². The number of thiophene rings is 1. The molecule has 2 aromatic heterocycles. The maximum atomic E-state index is 5.11. The van der Waals surface area contributed by atoms with E-state index in [9.17, 15) is 0 Å². The average molecular weight is 388 g/mol. The molecule has 0 unspecified atom stereocenters. The van der Waals surface area contributed by atoms with Crippen LogP contribution in [0.4, 0.5) is 0 Å². The van der Waals surface area contributed by atoms with Crippen molar-refractivity contribution < 1.29 is 0 Å². The average Bonchev–Trinajstić information content (AvgIpc) is 3.17. The highest BCUT2D eigenvalue weighted by molar-refractivity contribution is 7.25. The van der Waals surface area contributed by atoms with Gasteiger partial charge in [-0.2, -0.15) is 0 Å². The molecule has 29 heavy (non-hydrogen) atoms. The van der Waals surface area contributed by atoms with Gasteiger partial charge in [0, 0.05) is 26.6 Å². The minimum Gasteiger partial charge on any atom is -0.227 e. The fourth-order valence-corrected chi connectivity index (χ4v) is 5.04. The van der Waals surface area contributed by atoms with Crippen LogP contribution >= 0.6 is 11.3 Å². The van der Waals surface area contributed by atoms with E-state index < -0.39 is 0 Å². The maximum absolute atomic E-state index is 5.11. The first-order valence-electron chi connectivity index (χ1n) is 9.61. The molecular weight excluding hydrogens is 372 g/mol. The number of hydrogen-bond donors (Lipinski definition) is 0. The molecule has 0 N–H and O–H groups in total. The Labute approximate surface area is 172 Å². The highest BCUT2D eigenvalue weighted by Crippen LogP contribution is 2.40. The quantitative estimate of drug-likeness (QED) is 0.310. The predicted molar refractivity (Wildman–Crippen MR) is 123 cm³/mol. The number of benzene rings is 4. The molecule has 0 aliphatic rings. The summed E-state index contributed by atoms with van der Waals surface area (Å²) in [7, 11) is 0. The molecule has 136 valence electrons. The monoisotopic (exact) mass is 388 g/mol. The lowest BCUT2D eigenvalue weighted by molar-refractivity contribution is 1.25. The molecule has 0 spiro atoms. The molecule has 2 nitrogen and oxygen atoms in total. The van der Waals surface area contributed by atoms with E-state index >= 15 is 0 Å². The Morgan fingerprint density at radius 2 is 1.31 bits per heavy atom. The normalized spacial score (nSPS) is 11.4. The lowest BCUT2D eigenvalue weighted by atomic mass is 10.0. The van der Waals surface area contributed by atoms with Crippen molar-refractivity contribution in [1.82, 2.24) is 9.97 Å². The first-order chi connectivity index (χ1) is 14.4. The van der Waals surface area contributed by atoms with Crippen molar-refractivity contribution in [2.75, 3.05) is 0 Å². The zero-order chi connectivity index (χ0) is 19.2. The van der Waals surface area contributed by atoms with E-state index in [-0.39, 0.29) is 0 Å². The molecule has 0 saturated carbocycles. The van der Waals surface area contributed by atoms with Gasteiger partial charge in [0.1, 0.15) is 4.83 Å². The van der Waals surface area contributed by atoms with Crippen LogP contribution in [0.1, 0.15) is 0 Å². The van der Waals surface area contributed by atoms with Crippen molar-refractivity contribution in [2.24, 2.45) is 0 Å². The molecule has 0 aliphatic carbocycles. The van der Waals surface area contributed by atoms with Crippen LogP contribution in [0.25, 0.3) is 53.7 Å². The van der Waals surface area contributed by atoms with Gasteiger partial charge < -0.3 is 0 Å². The second-order valence-corrected chi connectivity index (χ2v) is 8.10. The van der Waals surface area contributed by atoms with Crippen LogP contribution in [0, 0.1) is 0 Å². The standard InChI is InChI=1S/C26H16N2S/c1-2-10-18(11-3-1)24-23-21-14-6-7-16-22(21)29-26(23)28-25(27-24)20-15-8-12-17-9-4-5-13-19(17)20/h1-16H. The topological polar surface area (TPSA) is 25.8 Å². The largest absolute Gasteiger partial charge is 0.227 e. The second kappa shape index (κ2) is 6.50. The summed E-state index contributed by atoms with van der Waals surface area (Å²) < 4.78 is 1.24. The summed E-state index contributed by atoms with van der Waals surface area (Å²) in [5.41, 5.74) is 3.18. The third-order valence-corrected chi connectivity index (χ3v) is 6.38. The van der Waals surface area contributed by atoms with Crippen molar-refractivity contribution in [3.8, 4) is 22.6 Å². The summed E-state index contributed by atoms with van der Waals surface area (Å²) >= 11 is 1.73. The van der Waals surface area contributed by atoms with Gasteiger partial charge in [-0.1, -0.05) is 91.0 Å². The molecule has 0 saturated heterocycles. The number of hydrogen-bond acceptors (Lipinski definition) is 3. The molecule has 0 atom stereocenters. The Morgan fingerprint density at radius 3 is 2.21 bits per heavy atom. The first kappa shape index (κ1) is 16.4. The molecule has 0 radical (unpaired) electrons. The van der Waals surface area contributed by atoms with Crippen LogP contribution < -0.4 is 0 Å². The van der Waals surface area contributed by atoms with Gasteiger partial charge in [0.25, 0.3) is 0 Å². The van der Waals surface area contributed by atoms with Crippen molar-refractivity contribution in [2.45, 2.75) is 0 Å². The zero-order valence-electron chi connectivity index (χ0n) is 15.5. The number of rotatable bonds is 2. The molecule has 0 fully saturated rings. The Balaban J connectivity index is 1.74. The maximum Gasteiger partial charge on any atom is 0.162 e. The van der Waals surface area contributed by atoms with Gasteiger partial charge in [0.05, 0.1) is 5.69 Å². The van der Waals surface area contributed by atoms with Crippen LogP contribution in [0.5, 0.6) is 0 Å². The minimum absolute atomic E-state index is 0.778. The van der Waals surface area contributed by atoms with Crippen LogP contribution in [0.3, 0.4) is 0 Å². The van der Waals surface area contributed by atoms with Gasteiger partial charge in [-0.15, -0.1) is 11.3 Å². The smallest absolute Gasteiger partial charge is 0.162 e. The number of aromatic nitrogens is 2. The van der Waals surface area contributed by atoms with E-state index in [1.807, 2.05) is 6.07 Å². The van der Waals surface area contributed by atoms with Gasteiger partial charge in [0.2, 0.25) is 0 Å². The zero-order valence-corrected chi connectivity index (χ0v) is 16.4. The van der Waals surface area contributed by atoms with Crippen molar-refractivity contribution in [3.63, 3.8) is 0 Å². The number of fused-ring (bicyclic) bond motifs is 4. The van der Waals surface area contributed by atoms with Crippen molar-refractivity contribution in [3.05, 3.63) is 97.1 Å². The van der Waals surface area contributed by atoms with Crippen molar-refractivity contribution >= 4 is 42.4 Å². The predicted octanol–water partition coefficient (Wildman–Crippen LogP) is 7.33. The van der Waals surface area contributed by atoms with Crippen LogP contribution in [0.2, 0.25) is 0 Å². The Hall–Kier alpha value is -3.56. The van der Waals surface area contributed by atoms with Gasteiger partial charge in [-0.25, -0.2) is 9.97 Å². The lowest BCUT2D eigenvalue weighted by Crippen LogP contribution is -1.94. The second-order valence-electron chi connectivity index (χ2n) is 7.07. The van der Waals surface area contributed by atoms with Crippen LogP contribution in [-0.2, 0) is 0 Å². The van der Waals surface area contributed by atoms with E-state index in [2.05, 4.69) is 91.0 Å². The molecule has 0 aliphatic heterocycles.